The highest BCUT2D eigenvalue weighted by molar-refractivity contribution is 7.91. The Morgan fingerprint density at radius 2 is 2.22 bits per heavy atom. The number of sulfonamides is 1. The molecule has 0 saturated carbocycles. The minimum Gasteiger partial charge on any atom is -0.394 e. The van der Waals surface area contributed by atoms with Crippen LogP contribution >= 0.6 is 11.3 Å². The van der Waals surface area contributed by atoms with Gasteiger partial charge in [-0.1, -0.05) is 18.2 Å². The highest BCUT2D eigenvalue weighted by atomic mass is 32.2. The van der Waals surface area contributed by atoms with Crippen molar-refractivity contribution in [2.24, 2.45) is 5.92 Å². The van der Waals surface area contributed by atoms with Crippen LogP contribution in [0.1, 0.15) is 32.4 Å². The van der Waals surface area contributed by atoms with Crippen LogP contribution in [0.2, 0.25) is 0 Å². The fourth-order valence-corrected chi connectivity index (χ4v) is 5.99. The number of aryl methyl sites for hydroxylation is 1. The van der Waals surface area contributed by atoms with Crippen molar-refractivity contribution in [3.8, 4) is 0 Å². The Hall–Kier alpha value is -1.86. The maximum atomic E-state index is 12.9. The van der Waals surface area contributed by atoms with E-state index in [1.54, 1.807) is 40.2 Å². The van der Waals surface area contributed by atoms with E-state index in [1.165, 1.54) is 22.7 Å². The maximum Gasteiger partial charge on any atom is 0.252 e. The minimum absolute atomic E-state index is 0.0590. The van der Waals surface area contributed by atoms with E-state index in [0.29, 0.717) is 31.6 Å². The number of hydrogen-bond acceptors (Lipinski definition) is 8. The number of carbonyl (C=O) groups is 1. The smallest absolute Gasteiger partial charge is 0.252 e. The van der Waals surface area contributed by atoms with Gasteiger partial charge in [-0.05, 0) is 24.8 Å². The summed E-state index contributed by atoms with van der Waals surface area (Å²) in [5.41, 5.74) is 0.650. The number of thiophene rings is 1. The van der Waals surface area contributed by atoms with Crippen LogP contribution in [0.25, 0.3) is 0 Å². The lowest BCUT2D eigenvalue weighted by atomic mass is 10.0. The summed E-state index contributed by atoms with van der Waals surface area (Å²) < 4.78 is 35.2. The summed E-state index contributed by atoms with van der Waals surface area (Å²) in [6, 6.07) is 2.93. The van der Waals surface area contributed by atoms with Crippen LogP contribution in [0.4, 0.5) is 0 Å². The summed E-state index contributed by atoms with van der Waals surface area (Å²) in [5.74, 6) is -0.249. The van der Waals surface area contributed by atoms with Crippen molar-refractivity contribution in [2.75, 3.05) is 26.7 Å². The van der Waals surface area contributed by atoms with Crippen LogP contribution in [0.15, 0.2) is 27.9 Å². The van der Waals surface area contributed by atoms with Gasteiger partial charge in [-0.15, -0.1) is 16.4 Å². The highest BCUT2D eigenvalue weighted by Crippen LogP contribution is 2.23. The number of aliphatic hydroxyl groups excluding tert-OH is 1. The van der Waals surface area contributed by atoms with E-state index < -0.39 is 16.1 Å². The molecule has 1 aliphatic heterocycles. The average Bonchev–Trinajstić information content (AvgIpc) is 3.46. The molecule has 2 bridgehead atoms. The molecule has 10 nitrogen and oxygen atoms in total. The van der Waals surface area contributed by atoms with E-state index >= 15 is 0 Å². The SMILES string of the molecule is C[C@@H]1CN([C@@H](C)CO)C(=O)CCCn2cc(nn2)CO[C@@H]1CN(C)S(=O)(=O)c1cccs1. The van der Waals surface area contributed by atoms with Gasteiger partial charge in [0.05, 0.1) is 31.6 Å². The Labute approximate surface area is 192 Å². The lowest BCUT2D eigenvalue weighted by molar-refractivity contribution is -0.136. The molecule has 3 heterocycles. The van der Waals surface area contributed by atoms with Crippen LogP contribution in [0.3, 0.4) is 0 Å². The fraction of sp³-hybridized carbons (Fsp3) is 0.650. The monoisotopic (exact) mass is 485 g/mol. The number of hydrogen-bond donors (Lipinski definition) is 1. The number of nitrogens with zero attached hydrogens (tertiary/aromatic N) is 5. The Morgan fingerprint density at radius 1 is 1.44 bits per heavy atom. The molecule has 0 radical (unpaired) electrons. The molecule has 2 aromatic heterocycles. The first-order valence-corrected chi connectivity index (χ1v) is 12.9. The molecule has 0 fully saturated rings. The highest BCUT2D eigenvalue weighted by Gasteiger charge is 2.31. The summed E-state index contributed by atoms with van der Waals surface area (Å²) in [6.45, 7) is 4.79. The zero-order valence-corrected chi connectivity index (χ0v) is 20.3. The first-order chi connectivity index (χ1) is 15.2. The van der Waals surface area contributed by atoms with E-state index in [2.05, 4.69) is 10.3 Å². The molecule has 0 aliphatic carbocycles. The molecule has 0 saturated heterocycles. The quantitative estimate of drug-likeness (QED) is 0.653. The van der Waals surface area contributed by atoms with E-state index in [4.69, 9.17) is 4.74 Å². The van der Waals surface area contributed by atoms with Crippen molar-refractivity contribution >= 4 is 27.3 Å². The maximum absolute atomic E-state index is 12.9. The van der Waals surface area contributed by atoms with Gasteiger partial charge < -0.3 is 14.7 Å². The third kappa shape index (κ3) is 5.93. The Kier molecular flexibility index (Phi) is 8.39. The minimum atomic E-state index is -3.64. The van der Waals surface area contributed by atoms with Crippen molar-refractivity contribution < 1.29 is 23.1 Å². The zero-order chi connectivity index (χ0) is 23.3. The molecule has 12 heteroatoms. The summed E-state index contributed by atoms with van der Waals surface area (Å²) in [7, 11) is -2.11. The number of likely N-dealkylation sites (N-methyl/N-ethyl adjacent to an activating group) is 1. The van der Waals surface area contributed by atoms with Gasteiger partial charge >= 0.3 is 0 Å². The molecule has 32 heavy (non-hydrogen) atoms. The first kappa shape index (κ1) is 24.8. The van der Waals surface area contributed by atoms with Crippen LogP contribution in [-0.4, -0.2) is 82.5 Å². The second-order valence-electron chi connectivity index (χ2n) is 8.20. The fourth-order valence-electron chi connectivity index (χ4n) is 3.61. The molecule has 2 aromatic rings. The summed E-state index contributed by atoms with van der Waals surface area (Å²) in [4.78, 5) is 14.6. The number of rotatable bonds is 6. The Balaban J connectivity index is 1.84. The molecule has 1 amide bonds. The molecule has 1 aliphatic rings. The first-order valence-electron chi connectivity index (χ1n) is 10.6. The number of aliphatic hydroxyl groups is 1. The second kappa shape index (κ2) is 10.8. The molecule has 0 aromatic carbocycles. The van der Waals surface area contributed by atoms with Crippen molar-refractivity contribution in [2.45, 2.75) is 56.2 Å². The van der Waals surface area contributed by atoms with Crippen LogP contribution in [-0.2, 0) is 32.7 Å². The Morgan fingerprint density at radius 3 is 2.91 bits per heavy atom. The van der Waals surface area contributed by atoms with Crippen molar-refractivity contribution in [3.63, 3.8) is 0 Å². The molecule has 1 N–H and O–H groups in total. The lowest BCUT2D eigenvalue weighted by Gasteiger charge is -2.35. The van der Waals surface area contributed by atoms with E-state index in [-0.39, 0.29) is 41.8 Å². The molecule has 0 unspecified atom stereocenters. The van der Waals surface area contributed by atoms with E-state index in [0.717, 1.165) is 0 Å². The predicted octanol–water partition coefficient (Wildman–Crippen LogP) is 1.18. The molecule has 3 atom stereocenters. The van der Waals surface area contributed by atoms with Gasteiger partial charge in [0.15, 0.2) is 0 Å². The summed E-state index contributed by atoms with van der Waals surface area (Å²) in [6.07, 6.45) is 2.22. The molecular weight excluding hydrogens is 454 g/mol. The van der Waals surface area contributed by atoms with Gasteiger partial charge in [-0.2, -0.15) is 4.31 Å². The zero-order valence-electron chi connectivity index (χ0n) is 18.6. The van der Waals surface area contributed by atoms with Gasteiger partial charge in [0.2, 0.25) is 5.91 Å². The van der Waals surface area contributed by atoms with Crippen molar-refractivity contribution in [3.05, 3.63) is 29.4 Å². The average molecular weight is 486 g/mol. The third-order valence-corrected chi connectivity index (χ3v) is 8.84. The topological polar surface area (TPSA) is 118 Å². The van der Waals surface area contributed by atoms with Crippen molar-refractivity contribution in [1.82, 2.24) is 24.2 Å². The largest absolute Gasteiger partial charge is 0.394 e. The predicted molar refractivity (Wildman–Crippen MR) is 119 cm³/mol. The van der Waals surface area contributed by atoms with Crippen LogP contribution in [0, 0.1) is 5.92 Å². The normalized spacial score (nSPS) is 22.3. The molecule has 178 valence electrons. The summed E-state index contributed by atoms with van der Waals surface area (Å²) >= 11 is 1.17. The number of fused-ring (bicyclic) bond motifs is 2. The number of amides is 1. The van der Waals surface area contributed by atoms with E-state index in [9.17, 15) is 18.3 Å². The second-order valence-corrected chi connectivity index (χ2v) is 11.4. The number of ether oxygens (including phenoxy) is 1. The number of carbonyl (C=O) groups excluding carboxylic acids is 1. The standard InChI is InChI=1S/C20H31N5O5S2/c1-15-10-25(16(2)13-26)19(27)6-4-8-24-11-17(21-22-24)14-30-18(15)12-23(3)32(28,29)20-7-5-9-31-20/h5,7,9,11,15-16,18,26H,4,6,8,10,12-14H2,1-3H3/t15-,16+,18-/m1/s1. The van der Waals surface area contributed by atoms with Gasteiger partial charge in [-0.3, -0.25) is 9.48 Å². The third-order valence-electron chi connectivity index (χ3n) is 5.64. The molecule has 3 rings (SSSR count). The van der Waals surface area contributed by atoms with Gasteiger partial charge in [0.1, 0.15) is 9.90 Å². The number of aromatic nitrogens is 3. The molecular formula is C20H31N5O5S2. The van der Waals surface area contributed by atoms with Crippen molar-refractivity contribution in [1.29, 1.82) is 0 Å². The molecule has 0 spiro atoms. The van der Waals surface area contributed by atoms with Gasteiger partial charge in [0, 0.05) is 39.0 Å². The van der Waals surface area contributed by atoms with Gasteiger partial charge in [-0.25, -0.2) is 8.42 Å². The van der Waals surface area contributed by atoms with Crippen LogP contribution in [0.5, 0.6) is 0 Å². The Bertz CT molecular complexity index is 978. The lowest BCUT2D eigenvalue weighted by Crippen LogP contribution is -2.47. The summed E-state index contributed by atoms with van der Waals surface area (Å²) in [5, 5.41) is 19.6. The van der Waals surface area contributed by atoms with Crippen LogP contribution < -0.4 is 0 Å². The van der Waals surface area contributed by atoms with E-state index in [1.807, 2.05) is 6.92 Å². The van der Waals surface area contributed by atoms with Gasteiger partial charge in [0.25, 0.3) is 10.0 Å².